The van der Waals surface area contributed by atoms with Gasteiger partial charge in [0.1, 0.15) is 12.4 Å². The van der Waals surface area contributed by atoms with Gasteiger partial charge in [0, 0.05) is 6.54 Å². The average Bonchev–Trinajstić information content (AvgIpc) is 2.65. The molecule has 0 aliphatic rings. The smallest absolute Gasteiger partial charge is 0.240 e. The van der Waals surface area contributed by atoms with E-state index in [0.717, 1.165) is 22.2 Å². The highest BCUT2D eigenvalue weighted by molar-refractivity contribution is 7.92. The quantitative estimate of drug-likeness (QED) is 0.683. The van der Waals surface area contributed by atoms with Gasteiger partial charge in [-0.15, -0.1) is 0 Å². The molecule has 2 rings (SSSR count). The molecule has 0 saturated carbocycles. The van der Waals surface area contributed by atoms with E-state index in [1.807, 2.05) is 6.07 Å². The Hall–Kier alpha value is -2.81. The van der Waals surface area contributed by atoms with Gasteiger partial charge in [0.25, 0.3) is 0 Å². The minimum Gasteiger partial charge on any atom is -0.493 e. The SMILES string of the molecule is COc1ccc(CCNC(=O)CN(c2ccccc2F)S(C)(=O)=O)cc1OC. The number of benzene rings is 2. The number of methoxy groups -OCH3 is 2. The number of ether oxygens (including phenoxy) is 2. The molecular weight excluding hydrogens is 387 g/mol. The number of amides is 1. The van der Waals surface area contributed by atoms with Gasteiger partial charge in [-0.3, -0.25) is 9.10 Å². The van der Waals surface area contributed by atoms with Gasteiger partial charge in [0.05, 0.1) is 26.2 Å². The molecule has 0 saturated heterocycles. The van der Waals surface area contributed by atoms with Crippen molar-refractivity contribution >= 4 is 21.6 Å². The summed E-state index contributed by atoms with van der Waals surface area (Å²) in [6.45, 7) is -0.227. The van der Waals surface area contributed by atoms with Crippen LogP contribution in [0.2, 0.25) is 0 Å². The van der Waals surface area contributed by atoms with E-state index < -0.39 is 28.3 Å². The van der Waals surface area contributed by atoms with E-state index in [2.05, 4.69) is 5.32 Å². The van der Waals surface area contributed by atoms with Crippen molar-refractivity contribution in [1.82, 2.24) is 5.32 Å². The Morgan fingerprint density at radius 2 is 1.79 bits per heavy atom. The third-order valence-corrected chi connectivity index (χ3v) is 5.12. The fraction of sp³-hybridized carbons (Fsp3) is 0.316. The predicted octanol–water partition coefficient (Wildman–Crippen LogP) is 1.97. The molecule has 28 heavy (non-hydrogen) atoms. The molecule has 7 nitrogen and oxygen atoms in total. The monoisotopic (exact) mass is 410 g/mol. The maximum atomic E-state index is 14.0. The lowest BCUT2D eigenvalue weighted by molar-refractivity contribution is -0.119. The van der Waals surface area contributed by atoms with Crippen molar-refractivity contribution in [2.24, 2.45) is 0 Å². The summed E-state index contributed by atoms with van der Waals surface area (Å²) >= 11 is 0. The first-order valence-corrected chi connectivity index (χ1v) is 10.3. The topological polar surface area (TPSA) is 84.9 Å². The molecule has 152 valence electrons. The fourth-order valence-electron chi connectivity index (χ4n) is 2.60. The summed E-state index contributed by atoms with van der Waals surface area (Å²) in [6, 6.07) is 10.8. The number of carbonyl (C=O) groups excluding carboxylic acids is 1. The zero-order valence-electron chi connectivity index (χ0n) is 15.9. The molecule has 0 atom stereocenters. The van der Waals surface area contributed by atoms with Gasteiger partial charge in [-0.05, 0) is 36.2 Å². The van der Waals surface area contributed by atoms with E-state index in [0.29, 0.717) is 17.9 Å². The van der Waals surface area contributed by atoms with Crippen LogP contribution in [0.25, 0.3) is 0 Å². The lowest BCUT2D eigenvalue weighted by Gasteiger charge is -2.22. The fourth-order valence-corrected chi connectivity index (χ4v) is 3.46. The Bertz CT molecular complexity index is 934. The minimum absolute atomic E-state index is 0.167. The van der Waals surface area contributed by atoms with Gasteiger partial charge < -0.3 is 14.8 Å². The van der Waals surface area contributed by atoms with Crippen molar-refractivity contribution in [3.63, 3.8) is 0 Å². The molecule has 1 N–H and O–H groups in total. The summed E-state index contributed by atoms with van der Waals surface area (Å²) in [5.74, 6) is -0.0710. The third kappa shape index (κ3) is 5.59. The van der Waals surface area contributed by atoms with Gasteiger partial charge in [0.15, 0.2) is 11.5 Å². The van der Waals surface area contributed by atoms with Crippen molar-refractivity contribution in [2.45, 2.75) is 6.42 Å². The normalized spacial score (nSPS) is 11.0. The van der Waals surface area contributed by atoms with Crippen LogP contribution in [0.1, 0.15) is 5.56 Å². The maximum absolute atomic E-state index is 14.0. The molecule has 0 aliphatic heterocycles. The van der Waals surface area contributed by atoms with E-state index in [1.54, 1.807) is 19.2 Å². The molecule has 0 aliphatic carbocycles. The Morgan fingerprint density at radius 3 is 2.39 bits per heavy atom. The number of hydrogen-bond acceptors (Lipinski definition) is 5. The molecular formula is C19H23FN2O5S. The van der Waals surface area contributed by atoms with Crippen molar-refractivity contribution in [1.29, 1.82) is 0 Å². The first kappa shape index (κ1) is 21.5. The first-order valence-electron chi connectivity index (χ1n) is 8.46. The molecule has 0 aromatic heterocycles. The lowest BCUT2D eigenvalue weighted by Crippen LogP contribution is -2.41. The summed E-state index contributed by atoms with van der Waals surface area (Å²) < 4.78 is 49.1. The molecule has 0 unspecified atom stereocenters. The van der Waals surface area contributed by atoms with Gasteiger partial charge in [0.2, 0.25) is 15.9 Å². The van der Waals surface area contributed by atoms with E-state index in [-0.39, 0.29) is 12.2 Å². The summed E-state index contributed by atoms with van der Waals surface area (Å²) in [5, 5.41) is 2.65. The van der Waals surface area contributed by atoms with E-state index >= 15 is 0 Å². The number of nitrogens with zero attached hydrogens (tertiary/aromatic N) is 1. The Kier molecular flexibility index (Phi) is 7.22. The molecule has 9 heteroatoms. The lowest BCUT2D eigenvalue weighted by atomic mass is 10.1. The summed E-state index contributed by atoms with van der Waals surface area (Å²) in [7, 11) is -0.751. The molecule has 0 fully saturated rings. The number of para-hydroxylation sites is 1. The van der Waals surface area contributed by atoms with Crippen LogP contribution in [0.5, 0.6) is 11.5 Å². The first-order chi connectivity index (χ1) is 13.3. The molecule has 0 heterocycles. The van der Waals surface area contributed by atoms with Crippen LogP contribution in [0, 0.1) is 5.82 Å². The van der Waals surface area contributed by atoms with E-state index in [4.69, 9.17) is 9.47 Å². The van der Waals surface area contributed by atoms with Gasteiger partial charge in [-0.1, -0.05) is 18.2 Å². The standard InChI is InChI=1S/C19H23FN2O5S/c1-26-17-9-8-14(12-18(17)27-2)10-11-21-19(23)13-22(28(3,24)25)16-7-5-4-6-15(16)20/h4-9,12H,10-11,13H2,1-3H3,(H,21,23). The largest absolute Gasteiger partial charge is 0.493 e. The number of carbonyl (C=O) groups is 1. The van der Waals surface area contributed by atoms with Crippen LogP contribution in [-0.2, 0) is 21.2 Å². The van der Waals surface area contributed by atoms with E-state index in [1.165, 1.54) is 25.3 Å². The average molecular weight is 410 g/mol. The number of anilines is 1. The van der Waals surface area contributed by atoms with E-state index in [9.17, 15) is 17.6 Å². The second-order valence-corrected chi connectivity index (χ2v) is 7.92. The predicted molar refractivity (Wildman–Crippen MR) is 105 cm³/mol. The zero-order valence-corrected chi connectivity index (χ0v) is 16.8. The highest BCUT2D eigenvalue weighted by atomic mass is 32.2. The molecule has 0 bridgehead atoms. The minimum atomic E-state index is -3.83. The van der Waals surface area contributed by atoms with Crippen LogP contribution < -0.4 is 19.1 Å². The number of hydrogen-bond donors (Lipinski definition) is 1. The van der Waals surface area contributed by atoms with Crippen LogP contribution >= 0.6 is 0 Å². The Morgan fingerprint density at radius 1 is 1.11 bits per heavy atom. The second-order valence-electron chi connectivity index (χ2n) is 6.01. The number of sulfonamides is 1. The van der Waals surface area contributed by atoms with Crippen molar-refractivity contribution in [2.75, 3.05) is 37.9 Å². The van der Waals surface area contributed by atoms with Crippen LogP contribution in [0.4, 0.5) is 10.1 Å². The van der Waals surface area contributed by atoms with Gasteiger partial charge >= 0.3 is 0 Å². The van der Waals surface area contributed by atoms with Crippen LogP contribution in [0.3, 0.4) is 0 Å². The Labute approximate surface area is 164 Å². The third-order valence-electron chi connectivity index (χ3n) is 3.99. The number of nitrogens with one attached hydrogen (secondary N) is 1. The molecule has 2 aromatic carbocycles. The van der Waals surface area contributed by atoms with Gasteiger partial charge in [-0.25, -0.2) is 12.8 Å². The van der Waals surface area contributed by atoms with Crippen LogP contribution in [0.15, 0.2) is 42.5 Å². The Balaban J connectivity index is 2.00. The molecule has 1 amide bonds. The van der Waals surface area contributed by atoms with Crippen LogP contribution in [-0.4, -0.2) is 47.9 Å². The molecule has 2 aromatic rings. The molecule has 0 spiro atoms. The summed E-state index contributed by atoms with van der Waals surface area (Å²) in [5.41, 5.74) is 0.743. The number of halogens is 1. The van der Waals surface area contributed by atoms with Crippen molar-refractivity contribution in [3.05, 3.63) is 53.8 Å². The second kappa shape index (κ2) is 9.41. The summed E-state index contributed by atoms with van der Waals surface area (Å²) in [6.07, 6.45) is 1.43. The highest BCUT2D eigenvalue weighted by Gasteiger charge is 2.23. The maximum Gasteiger partial charge on any atom is 0.240 e. The highest BCUT2D eigenvalue weighted by Crippen LogP contribution is 2.27. The zero-order chi connectivity index (χ0) is 20.7. The number of rotatable bonds is 9. The van der Waals surface area contributed by atoms with Crippen molar-refractivity contribution < 1.29 is 27.1 Å². The molecule has 0 radical (unpaired) electrons. The van der Waals surface area contributed by atoms with Gasteiger partial charge in [-0.2, -0.15) is 0 Å². The summed E-state index contributed by atoms with van der Waals surface area (Å²) in [4.78, 5) is 12.2. The van der Waals surface area contributed by atoms with Crippen molar-refractivity contribution in [3.8, 4) is 11.5 Å².